The van der Waals surface area contributed by atoms with E-state index in [-0.39, 0.29) is 12.5 Å². The smallest absolute Gasteiger partial charge is 0.226 e. The van der Waals surface area contributed by atoms with E-state index in [1.165, 1.54) is 0 Å². The summed E-state index contributed by atoms with van der Waals surface area (Å²) in [5.74, 6) is 5.77. The SMILES string of the molecule is CCCOCCC(=O)Nc1ccc(C)cc1C#CCCO. The Hall–Kier alpha value is -1.83. The van der Waals surface area contributed by atoms with Gasteiger partial charge in [0.1, 0.15) is 0 Å². The van der Waals surface area contributed by atoms with Gasteiger partial charge in [-0.15, -0.1) is 0 Å². The summed E-state index contributed by atoms with van der Waals surface area (Å²) < 4.78 is 5.30. The standard InChI is InChI=1S/C17H23NO3/c1-3-11-21-12-9-17(20)18-16-8-7-14(2)13-15(16)6-4-5-10-19/h7-8,13,19H,3,5,9-12H2,1-2H3,(H,18,20). The fourth-order valence-corrected chi connectivity index (χ4v) is 1.71. The average Bonchev–Trinajstić information content (AvgIpc) is 2.47. The van der Waals surface area contributed by atoms with Gasteiger partial charge in [0.15, 0.2) is 0 Å². The van der Waals surface area contributed by atoms with Crippen LogP contribution >= 0.6 is 0 Å². The van der Waals surface area contributed by atoms with Crippen molar-refractivity contribution < 1.29 is 14.6 Å². The van der Waals surface area contributed by atoms with Crippen LogP contribution in [0.4, 0.5) is 5.69 Å². The van der Waals surface area contributed by atoms with Crippen LogP contribution in [0, 0.1) is 18.8 Å². The monoisotopic (exact) mass is 289 g/mol. The molecule has 0 saturated heterocycles. The van der Waals surface area contributed by atoms with Gasteiger partial charge < -0.3 is 15.2 Å². The Morgan fingerprint density at radius 2 is 2.19 bits per heavy atom. The summed E-state index contributed by atoms with van der Waals surface area (Å²) in [5.41, 5.74) is 2.55. The highest BCUT2D eigenvalue weighted by atomic mass is 16.5. The van der Waals surface area contributed by atoms with Gasteiger partial charge in [-0.3, -0.25) is 4.79 Å². The van der Waals surface area contributed by atoms with Gasteiger partial charge in [0, 0.05) is 18.6 Å². The summed E-state index contributed by atoms with van der Waals surface area (Å²) in [5, 5.41) is 11.6. The molecule has 0 unspecified atom stereocenters. The van der Waals surface area contributed by atoms with Crippen LogP contribution in [-0.2, 0) is 9.53 Å². The minimum Gasteiger partial charge on any atom is -0.395 e. The number of nitrogens with one attached hydrogen (secondary N) is 1. The predicted molar refractivity (Wildman–Crippen MR) is 84.1 cm³/mol. The number of amides is 1. The number of ether oxygens (including phenoxy) is 1. The van der Waals surface area contributed by atoms with Crippen LogP contribution < -0.4 is 5.32 Å². The molecule has 1 rings (SSSR count). The average molecular weight is 289 g/mol. The largest absolute Gasteiger partial charge is 0.395 e. The molecule has 0 atom stereocenters. The Bertz CT molecular complexity index is 515. The first kappa shape index (κ1) is 17.2. The summed E-state index contributed by atoms with van der Waals surface area (Å²) in [6, 6.07) is 5.71. The molecule has 2 N–H and O–H groups in total. The number of carbonyl (C=O) groups excluding carboxylic acids is 1. The van der Waals surface area contributed by atoms with Crippen molar-refractivity contribution in [2.75, 3.05) is 25.1 Å². The highest BCUT2D eigenvalue weighted by Crippen LogP contribution is 2.16. The van der Waals surface area contributed by atoms with Crippen LogP contribution in [0.2, 0.25) is 0 Å². The zero-order chi connectivity index (χ0) is 15.5. The molecule has 1 amide bonds. The molecule has 0 aliphatic rings. The van der Waals surface area contributed by atoms with Gasteiger partial charge in [0.2, 0.25) is 5.91 Å². The number of hydrogen-bond donors (Lipinski definition) is 2. The van der Waals surface area contributed by atoms with Crippen molar-refractivity contribution in [1.82, 2.24) is 0 Å². The first-order chi connectivity index (χ1) is 10.2. The normalized spacial score (nSPS) is 9.86. The summed E-state index contributed by atoms with van der Waals surface area (Å²) in [7, 11) is 0. The number of aliphatic hydroxyl groups excluding tert-OH is 1. The summed E-state index contributed by atoms with van der Waals surface area (Å²) in [4.78, 5) is 11.9. The van der Waals surface area contributed by atoms with Crippen LogP contribution in [0.25, 0.3) is 0 Å². The van der Waals surface area contributed by atoms with E-state index < -0.39 is 0 Å². The number of aryl methyl sites for hydroxylation is 1. The molecule has 0 aliphatic carbocycles. The first-order valence-corrected chi connectivity index (χ1v) is 7.25. The Kier molecular flexibility index (Phi) is 8.18. The molecular formula is C17H23NO3. The Labute approximate surface area is 126 Å². The molecule has 0 saturated carbocycles. The highest BCUT2D eigenvalue weighted by molar-refractivity contribution is 5.92. The second-order valence-corrected chi connectivity index (χ2v) is 4.73. The van der Waals surface area contributed by atoms with Gasteiger partial charge in [-0.2, -0.15) is 0 Å². The number of rotatable bonds is 7. The van der Waals surface area contributed by atoms with E-state index in [0.717, 1.165) is 17.5 Å². The van der Waals surface area contributed by atoms with Gasteiger partial charge in [0.05, 0.1) is 25.3 Å². The predicted octanol–water partition coefficient (Wildman–Crippen LogP) is 2.48. The topological polar surface area (TPSA) is 58.6 Å². The van der Waals surface area contributed by atoms with E-state index >= 15 is 0 Å². The van der Waals surface area contributed by atoms with Crippen LogP contribution in [-0.4, -0.2) is 30.8 Å². The lowest BCUT2D eigenvalue weighted by atomic mass is 10.1. The molecular weight excluding hydrogens is 266 g/mol. The van der Waals surface area contributed by atoms with Crippen molar-refractivity contribution in [3.8, 4) is 11.8 Å². The molecule has 114 valence electrons. The zero-order valence-corrected chi connectivity index (χ0v) is 12.7. The van der Waals surface area contributed by atoms with Gasteiger partial charge in [0.25, 0.3) is 0 Å². The fraction of sp³-hybridized carbons (Fsp3) is 0.471. The molecule has 0 fully saturated rings. The zero-order valence-electron chi connectivity index (χ0n) is 12.7. The summed E-state index contributed by atoms with van der Waals surface area (Å²) in [6.07, 6.45) is 1.70. The van der Waals surface area contributed by atoms with E-state index in [1.54, 1.807) is 0 Å². The van der Waals surface area contributed by atoms with E-state index in [4.69, 9.17) is 9.84 Å². The lowest BCUT2D eigenvalue weighted by Gasteiger charge is -2.08. The quantitative estimate of drug-likeness (QED) is 0.599. The third kappa shape index (κ3) is 6.94. The number of aliphatic hydroxyl groups is 1. The summed E-state index contributed by atoms with van der Waals surface area (Å²) >= 11 is 0. The van der Waals surface area contributed by atoms with Gasteiger partial charge in [-0.1, -0.05) is 24.8 Å². The second-order valence-electron chi connectivity index (χ2n) is 4.73. The third-order valence-corrected chi connectivity index (χ3v) is 2.73. The van der Waals surface area contributed by atoms with Gasteiger partial charge in [-0.05, 0) is 31.0 Å². The van der Waals surface area contributed by atoms with Crippen molar-refractivity contribution in [1.29, 1.82) is 0 Å². The highest BCUT2D eigenvalue weighted by Gasteiger charge is 2.06. The van der Waals surface area contributed by atoms with E-state index in [2.05, 4.69) is 17.2 Å². The summed E-state index contributed by atoms with van der Waals surface area (Å²) in [6.45, 7) is 5.15. The third-order valence-electron chi connectivity index (χ3n) is 2.73. The van der Waals surface area contributed by atoms with E-state index in [0.29, 0.717) is 31.7 Å². The molecule has 4 nitrogen and oxygen atoms in total. The van der Waals surface area contributed by atoms with Crippen molar-refractivity contribution >= 4 is 11.6 Å². The number of anilines is 1. The molecule has 0 aromatic heterocycles. The molecule has 0 aliphatic heterocycles. The Balaban J connectivity index is 2.65. The van der Waals surface area contributed by atoms with Crippen LogP contribution in [0.15, 0.2) is 18.2 Å². The van der Waals surface area contributed by atoms with Crippen molar-refractivity contribution in [2.24, 2.45) is 0 Å². The van der Waals surface area contributed by atoms with Gasteiger partial charge >= 0.3 is 0 Å². The number of benzene rings is 1. The minimum atomic E-state index is -0.0832. The van der Waals surface area contributed by atoms with E-state index in [1.807, 2.05) is 32.0 Å². The van der Waals surface area contributed by atoms with Crippen molar-refractivity contribution in [3.05, 3.63) is 29.3 Å². The number of carbonyl (C=O) groups is 1. The molecule has 0 spiro atoms. The van der Waals surface area contributed by atoms with Crippen LogP contribution in [0.1, 0.15) is 37.3 Å². The van der Waals surface area contributed by atoms with Crippen LogP contribution in [0.3, 0.4) is 0 Å². The van der Waals surface area contributed by atoms with Crippen molar-refractivity contribution in [3.63, 3.8) is 0 Å². The lowest BCUT2D eigenvalue weighted by molar-refractivity contribution is -0.117. The Morgan fingerprint density at radius 1 is 1.38 bits per heavy atom. The van der Waals surface area contributed by atoms with Crippen LogP contribution in [0.5, 0.6) is 0 Å². The number of hydrogen-bond acceptors (Lipinski definition) is 3. The molecule has 0 radical (unpaired) electrons. The molecule has 4 heteroatoms. The molecule has 0 bridgehead atoms. The fourth-order valence-electron chi connectivity index (χ4n) is 1.71. The first-order valence-electron chi connectivity index (χ1n) is 7.25. The molecule has 21 heavy (non-hydrogen) atoms. The van der Waals surface area contributed by atoms with Crippen molar-refractivity contribution in [2.45, 2.75) is 33.1 Å². The maximum atomic E-state index is 11.9. The maximum Gasteiger partial charge on any atom is 0.226 e. The maximum absolute atomic E-state index is 11.9. The minimum absolute atomic E-state index is 0.0370. The van der Waals surface area contributed by atoms with E-state index in [9.17, 15) is 4.79 Å². The van der Waals surface area contributed by atoms with Gasteiger partial charge in [-0.25, -0.2) is 0 Å². The Morgan fingerprint density at radius 3 is 2.90 bits per heavy atom. The molecule has 0 heterocycles. The second kappa shape index (κ2) is 9.98. The molecule has 1 aromatic carbocycles. The lowest BCUT2D eigenvalue weighted by Crippen LogP contribution is -2.15. The molecule has 1 aromatic rings.